The van der Waals surface area contributed by atoms with Crippen LogP contribution in [0.15, 0.2) is 97.1 Å². The monoisotopic (exact) mass is 766 g/mol. The average Bonchev–Trinajstić information content (AvgIpc) is 3.10. The number of carbonyl (C=O) groups excluding carboxylic acids is 4. The quantitative estimate of drug-likeness (QED) is 0.140. The zero-order chi connectivity index (χ0) is 36.5. The molecule has 1 atom stereocenters. The SMILES string of the molecule is NC(=O)CN(CCc1ccc(Cl)cc1Cl)C(=O)CC1C(=O)N(CCc2ccc(Cl)cc2Cl)CC(=O)N1CCC(c1ccccc1)c1ccccc1. The van der Waals surface area contributed by atoms with Gasteiger partial charge in [-0.1, -0.05) is 119 Å². The maximum absolute atomic E-state index is 14.2. The average molecular weight is 769 g/mol. The number of rotatable bonds is 15. The molecule has 0 bridgehead atoms. The predicted octanol–water partition coefficient (Wildman–Crippen LogP) is 7.05. The minimum Gasteiger partial charge on any atom is -0.368 e. The zero-order valence-electron chi connectivity index (χ0n) is 27.8. The molecular weight excluding hydrogens is 730 g/mol. The first-order valence-corrected chi connectivity index (χ1v) is 18.1. The first-order chi connectivity index (χ1) is 24.5. The van der Waals surface area contributed by atoms with E-state index < -0.39 is 17.9 Å². The number of hydrogen-bond acceptors (Lipinski definition) is 4. The van der Waals surface area contributed by atoms with Crippen LogP contribution in [0.5, 0.6) is 0 Å². The first kappa shape index (κ1) is 38.2. The van der Waals surface area contributed by atoms with Crippen LogP contribution >= 0.6 is 46.4 Å². The Kier molecular flexibility index (Phi) is 13.4. The largest absolute Gasteiger partial charge is 0.368 e. The fourth-order valence-corrected chi connectivity index (χ4v) is 7.42. The molecule has 8 nitrogen and oxygen atoms in total. The van der Waals surface area contributed by atoms with E-state index in [0.29, 0.717) is 39.4 Å². The van der Waals surface area contributed by atoms with Crippen molar-refractivity contribution in [1.29, 1.82) is 0 Å². The smallest absolute Gasteiger partial charge is 0.246 e. The predicted molar refractivity (Wildman–Crippen MR) is 202 cm³/mol. The molecule has 1 aliphatic heterocycles. The zero-order valence-corrected chi connectivity index (χ0v) is 30.8. The number of nitrogens with zero attached hydrogens (tertiary/aromatic N) is 3. The van der Waals surface area contributed by atoms with Gasteiger partial charge < -0.3 is 20.4 Å². The van der Waals surface area contributed by atoms with E-state index in [1.165, 1.54) is 14.7 Å². The molecule has 12 heteroatoms. The van der Waals surface area contributed by atoms with Crippen molar-refractivity contribution >= 4 is 70.0 Å². The maximum atomic E-state index is 14.2. The van der Waals surface area contributed by atoms with Gasteiger partial charge in [-0.2, -0.15) is 0 Å². The minimum atomic E-state index is -1.10. The molecule has 1 saturated heterocycles. The Labute approximate surface area is 318 Å². The van der Waals surface area contributed by atoms with Crippen molar-refractivity contribution in [3.8, 4) is 0 Å². The van der Waals surface area contributed by atoms with Crippen LogP contribution in [0.3, 0.4) is 0 Å². The molecule has 5 rings (SSSR count). The lowest BCUT2D eigenvalue weighted by molar-refractivity contribution is -0.158. The number of amides is 4. The summed E-state index contributed by atoms with van der Waals surface area (Å²) in [4.78, 5) is 58.6. The molecule has 0 spiro atoms. The first-order valence-electron chi connectivity index (χ1n) is 16.6. The van der Waals surface area contributed by atoms with Crippen molar-refractivity contribution in [3.63, 3.8) is 0 Å². The van der Waals surface area contributed by atoms with Crippen molar-refractivity contribution in [1.82, 2.24) is 14.7 Å². The van der Waals surface area contributed by atoms with Gasteiger partial charge >= 0.3 is 0 Å². The van der Waals surface area contributed by atoms with Crippen molar-refractivity contribution in [2.24, 2.45) is 5.73 Å². The third-order valence-electron chi connectivity index (χ3n) is 9.08. The Hall–Kier alpha value is -4.08. The van der Waals surface area contributed by atoms with Crippen molar-refractivity contribution in [2.45, 2.75) is 37.6 Å². The molecule has 2 N–H and O–H groups in total. The summed E-state index contributed by atoms with van der Waals surface area (Å²) < 4.78 is 0. The molecule has 0 saturated carbocycles. The lowest BCUT2D eigenvalue weighted by Crippen LogP contribution is -2.61. The molecule has 1 unspecified atom stereocenters. The van der Waals surface area contributed by atoms with Gasteiger partial charge in [-0.25, -0.2) is 0 Å². The Morgan fingerprint density at radius 1 is 0.765 bits per heavy atom. The Balaban J connectivity index is 1.39. The summed E-state index contributed by atoms with van der Waals surface area (Å²) >= 11 is 24.9. The second kappa shape index (κ2) is 17.9. The molecule has 1 heterocycles. The molecule has 1 aliphatic rings. The van der Waals surface area contributed by atoms with Gasteiger partial charge in [0, 0.05) is 45.6 Å². The van der Waals surface area contributed by atoms with Gasteiger partial charge in [-0.3, -0.25) is 19.2 Å². The molecule has 0 radical (unpaired) electrons. The molecule has 266 valence electrons. The summed E-state index contributed by atoms with van der Waals surface area (Å²) in [7, 11) is 0. The van der Waals surface area contributed by atoms with Gasteiger partial charge in [0.25, 0.3) is 0 Å². The lowest BCUT2D eigenvalue weighted by Gasteiger charge is -2.41. The molecule has 1 fully saturated rings. The van der Waals surface area contributed by atoms with Crippen molar-refractivity contribution < 1.29 is 19.2 Å². The number of nitrogens with two attached hydrogens (primary N) is 1. The normalized spacial score (nSPS) is 14.6. The van der Waals surface area contributed by atoms with Crippen LogP contribution in [-0.4, -0.2) is 77.1 Å². The summed E-state index contributed by atoms with van der Waals surface area (Å²) in [6.07, 6.45) is 0.888. The third kappa shape index (κ3) is 10.3. The van der Waals surface area contributed by atoms with E-state index in [-0.39, 0.29) is 56.9 Å². The third-order valence-corrected chi connectivity index (χ3v) is 10.3. The van der Waals surface area contributed by atoms with Crippen LogP contribution in [0.25, 0.3) is 0 Å². The minimum absolute atomic E-state index is 0.0628. The summed E-state index contributed by atoms with van der Waals surface area (Å²) in [6.45, 7) is 0.0456. The number of carbonyl (C=O) groups is 4. The number of piperazine rings is 1. The molecule has 4 aromatic rings. The van der Waals surface area contributed by atoms with Gasteiger partial charge in [-0.15, -0.1) is 0 Å². The molecule has 0 aromatic heterocycles. The van der Waals surface area contributed by atoms with Gasteiger partial charge in [0.1, 0.15) is 6.04 Å². The number of benzene rings is 4. The molecule has 4 aromatic carbocycles. The fraction of sp³-hybridized carbons (Fsp3) is 0.282. The van der Waals surface area contributed by atoms with Crippen LogP contribution in [0.2, 0.25) is 20.1 Å². The van der Waals surface area contributed by atoms with Gasteiger partial charge in [0.05, 0.1) is 19.5 Å². The highest BCUT2D eigenvalue weighted by Crippen LogP contribution is 2.30. The second-order valence-electron chi connectivity index (χ2n) is 12.5. The molecule has 0 aliphatic carbocycles. The lowest BCUT2D eigenvalue weighted by atomic mass is 9.88. The number of hydrogen-bond donors (Lipinski definition) is 1. The van der Waals surface area contributed by atoms with Crippen molar-refractivity contribution in [3.05, 3.63) is 139 Å². The van der Waals surface area contributed by atoms with Gasteiger partial charge in [0.2, 0.25) is 23.6 Å². The van der Waals surface area contributed by atoms with E-state index in [1.54, 1.807) is 36.4 Å². The van der Waals surface area contributed by atoms with E-state index in [1.807, 2.05) is 60.7 Å². The summed E-state index contributed by atoms with van der Waals surface area (Å²) in [5.74, 6) is -1.89. The Morgan fingerprint density at radius 3 is 1.84 bits per heavy atom. The molecule has 4 amide bonds. The van der Waals surface area contributed by atoms with Crippen LogP contribution < -0.4 is 5.73 Å². The van der Waals surface area contributed by atoms with E-state index >= 15 is 0 Å². The van der Waals surface area contributed by atoms with E-state index in [9.17, 15) is 19.2 Å². The maximum Gasteiger partial charge on any atom is 0.246 e. The number of primary amides is 1. The fourth-order valence-electron chi connectivity index (χ4n) is 6.42. The van der Waals surface area contributed by atoms with Crippen LogP contribution in [-0.2, 0) is 32.0 Å². The Morgan fingerprint density at radius 2 is 1.31 bits per heavy atom. The highest BCUT2D eigenvalue weighted by Gasteiger charge is 2.41. The summed E-state index contributed by atoms with van der Waals surface area (Å²) in [6, 6.07) is 29.0. The standard InChI is InChI=1S/C39H38Cl4N4O4/c40-30-13-11-28(33(42)21-30)15-18-45(24-36(44)48)37(49)23-35-39(51)46(19-16-29-12-14-31(41)22-34(29)43)25-38(50)47(35)20-17-32(26-7-3-1-4-8-26)27-9-5-2-6-10-27/h1-14,21-22,32,35H,15-20,23-25H2,(H2,44,48). The van der Waals surface area contributed by atoms with E-state index in [2.05, 4.69) is 0 Å². The molecular formula is C39H38Cl4N4O4. The van der Waals surface area contributed by atoms with E-state index in [0.717, 1.165) is 22.3 Å². The van der Waals surface area contributed by atoms with Gasteiger partial charge in [-0.05, 0) is 65.8 Å². The van der Waals surface area contributed by atoms with Crippen molar-refractivity contribution in [2.75, 3.05) is 32.7 Å². The van der Waals surface area contributed by atoms with E-state index in [4.69, 9.17) is 52.1 Å². The van der Waals surface area contributed by atoms with Crippen LogP contribution in [0.1, 0.15) is 41.0 Å². The van der Waals surface area contributed by atoms with Crippen LogP contribution in [0.4, 0.5) is 0 Å². The topological polar surface area (TPSA) is 104 Å². The highest BCUT2D eigenvalue weighted by atomic mass is 35.5. The number of halogens is 4. The summed E-state index contributed by atoms with van der Waals surface area (Å²) in [5, 5.41) is 1.85. The molecule has 51 heavy (non-hydrogen) atoms. The second-order valence-corrected chi connectivity index (χ2v) is 14.2. The van der Waals surface area contributed by atoms with Gasteiger partial charge in [0.15, 0.2) is 0 Å². The summed E-state index contributed by atoms with van der Waals surface area (Å²) in [5.41, 5.74) is 9.20. The Bertz CT molecular complexity index is 1820. The van der Waals surface area contributed by atoms with Crippen LogP contribution in [0, 0.1) is 0 Å². The highest BCUT2D eigenvalue weighted by molar-refractivity contribution is 6.35.